The standard InChI is InChI=1S/C18H16FN3O2/c1-23-11-7-8-17(24-2)13(9-11)16-10-15(21-18(20)22-16)12-5-3-4-6-14(12)19/h3-10H,1-2H3,(H2,20,21,22). The van der Waals surface area contributed by atoms with Crippen molar-refractivity contribution in [2.24, 2.45) is 0 Å². The maximum Gasteiger partial charge on any atom is 0.221 e. The highest BCUT2D eigenvalue weighted by molar-refractivity contribution is 5.74. The van der Waals surface area contributed by atoms with Crippen molar-refractivity contribution >= 4 is 5.95 Å². The lowest BCUT2D eigenvalue weighted by Crippen LogP contribution is -2.00. The number of rotatable bonds is 4. The zero-order valence-electron chi connectivity index (χ0n) is 13.3. The zero-order valence-corrected chi connectivity index (χ0v) is 13.3. The van der Waals surface area contributed by atoms with Gasteiger partial charge in [-0.15, -0.1) is 0 Å². The van der Waals surface area contributed by atoms with Gasteiger partial charge in [-0.1, -0.05) is 12.1 Å². The first-order valence-electron chi connectivity index (χ1n) is 7.24. The number of nitrogens with zero attached hydrogens (tertiary/aromatic N) is 2. The van der Waals surface area contributed by atoms with Gasteiger partial charge >= 0.3 is 0 Å². The molecule has 0 atom stereocenters. The minimum Gasteiger partial charge on any atom is -0.497 e. The molecule has 3 aromatic rings. The highest BCUT2D eigenvalue weighted by atomic mass is 19.1. The number of ether oxygens (including phenoxy) is 2. The molecule has 0 saturated heterocycles. The van der Waals surface area contributed by atoms with Crippen molar-refractivity contribution in [3.05, 3.63) is 54.3 Å². The first-order chi connectivity index (χ1) is 11.6. The monoisotopic (exact) mass is 325 g/mol. The first-order valence-corrected chi connectivity index (χ1v) is 7.24. The number of benzene rings is 2. The van der Waals surface area contributed by atoms with Crippen LogP contribution < -0.4 is 15.2 Å². The summed E-state index contributed by atoms with van der Waals surface area (Å²) in [5, 5.41) is 0. The van der Waals surface area contributed by atoms with Crippen LogP contribution in [0.4, 0.5) is 10.3 Å². The third-order valence-corrected chi connectivity index (χ3v) is 3.58. The summed E-state index contributed by atoms with van der Waals surface area (Å²) in [5.74, 6) is 0.929. The van der Waals surface area contributed by atoms with Gasteiger partial charge in [0.25, 0.3) is 0 Å². The number of methoxy groups -OCH3 is 2. The Hall–Kier alpha value is -3.15. The summed E-state index contributed by atoms with van der Waals surface area (Å²) >= 11 is 0. The molecule has 0 saturated carbocycles. The number of nitrogen functional groups attached to an aromatic ring is 1. The maximum absolute atomic E-state index is 14.1. The second-order valence-electron chi connectivity index (χ2n) is 5.04. The van der Waals surface area contributed by atoms with Crippen LogP contribution in [-0.2, 0) is 0 Å². The fraction of sp³-hybridized carbons (Fsp3) is 0.111. The van der Waals surface area contributed by atoms with Gasteiger partial charge in [-0.2, -0.15) is 0 Å². The van der Waals surface area contributed by atoms with Gasteiger partial charge in [0, 0.05) is 11.1 Å². The topological polar surface area (TPSA) is 70.3 Å². The van der Waals surface area contributed by atoms with E-state index in [4.69, 9.17) is 15.2 Å². The summed E-state index contributed by atoms with van der Waals surface area (Å²) in [6.45, 7) is 0. The summed E-state index contributed by atoms with van der Waals surface area (Å²) < 4.78 is 24.7. The summed E-state index contributed by atoms with van der Waals surface area (Å²) in [6, 6.07) is 13.4. The summed E-state index contributed by atoms with van der Waals surface area (Å²) in [7, 11) is 3.14. The SMILES string of the molecule is COc1ccc(OC)c(-c2cc(-c3ccccc3F)nc(N)n2)c1. The van der Waals surface area contributed by atoms with Gasteiger partial charge in [-0.3, -0.25) is 0 Å². The van der Waals surface area contributed by atoms with Crippen LogP contribution in [0.2, 0.25) is 0 Å². The third kappa shape index (κ3) is 2.99. The quantitative estimate of drug-likeness (QED) is 0.794. The minimum atomic E-state index is -0.376. The van der Waals surface area contributed by atoms with E-state index in [2.05, 4.69) is 9.97 Å². The summed E-state index contributed by atoms with van der Waals surface area (Å²) in [6.07, 6.45) is 0. The largest absolute Gasteiger partial charge is 0.497 e. The van der Waals surface area contributed by atoms with E-state index in [9.17, 15) is 4.39 Å². The van der Waals surface area contributed by atoms with Crippen molar-refractivity contribution < 1.29 is 13.9 Å². The van der Waals surface area contributed by atoms with E-state index in [0.717, 1.165) is 0 Å². The van der Waals surface area contributed by atoms with E-state index >= 15 is 0 Å². The second kappa shape index (κ2) is 6.54. The van der Waals surface area contributed by atoms with Gasteiger partial charge in [0.15, 0.2) is 0 Å². The van der Waals surface area contributed by atoms with Crippen LogP contribution in [-0.4, -0.2) is 24.2 Å². The average Bonchev–Trinajstić information content (AvgIpc) is 2.61. The molecule has 2 aromatic carbocycles. The molecule has 0 bridgehead atoms. The molecule has 5 nitrogen and oxygen atoms in total. The van der Waals surface area contributed by atoms with Crippen LogP contribution in [0.3, 0.4) is 0 Å². The van der Waals surface area contributed by atoms with Crippen LogP contribution in [0, 0.1) is 5.82 Å². The van der Waals surface area contributed by atoms with Crippen molar-refractivity contribution in [2.75, 3.05) is 20.0 Å². The molecule has 0 unspecified atom stereocenters. The lowest BCUT2D eigenvalue weighted by Gasteiger charge is -2.12. The Balaban J connectivity index is 2.18. The molecule has 0 radical (unpaired) electrons. The Kier molecular flexibility index (Phi) is 4.29. The second-order valence-corrected chi connectivity index (χ2v) is 5.04. The molecule has 6 heteroatoms. The Morgan fingerprint density at radius 2 is 1.58 bits per heavy atom. The smallest absolute Gasteiger partial charge is 0.221 e. The molecule has 24 heavy (non-hydrogen) atoms. The van der Waals surface area contributed by atoms with Gasteiger partial charge < -0.3 is 15.2 Å². The average molecular weight is 325 g/mol. The van der Waals surface area contributed by atoms with Crippen molar-refractivity contribution in [1.82, 2.24) is 9.97 Å². The molecule has 1 heterocycles. The molecule has 3 rings (SSSR count). The van der Waals surface area contributed by atoms with E-state index in [1.807, 2.05) is 0 Å². The van der Waals surface area contributed by atoms with E-state index in [1.165, 1.54) is 6.07 Å². The Labute approximate surface area is 138 Å². The summed E-state index contributed by atoms with van der Waals surface area (Å²) in [5.41, 5.74) is 7.80. The third-order valence-electron chi connectivity index (χ3n) is 3.58. The Bertz CT molecular complexity index is 884. The molecule has 0 spiro atoms. The molecule has 0 amide bonds. The van der Waals surface area contributed by atoms with Crippen molar-refractivity contribution in [2.45, 2.75) is 0 Å². The number of hydrogen-bond donors (Lipinski definition) is 1. The van der Waals surface area contributed by atoms with E-state index < -0.39 is 0 Å². The van der Waals surface area contributed by atoms with Crippen LogP contribution >= 0.6 is 0 Å². The predicted octanol–water partition coefficient (Wildman–Crippen LogP) is 3.55. The lowest BCUT2D eigenvalue weighted by atomic mass is 10.1. The van der Waals surface area contributed by atoms with E-state index in [1.54, 1.807) is 56.7 Å². The van der Waals surface area contributed by atoms with Gasteiger partial charge in [0.2, 0.25) is 5.95 Å². The van der Waals surface area contributed by atoms with Crippen LogP contribution in [0.15, 0.2) is 48.5 Å². The predicted molar refractivity (Wildman–Crippen MR) is 90.4 cm³/mol. The number of anilines is 1. The number of nitrogens with two attached hydrogens (primary N) is 1. The molecular formula is C18H16FN3O2. The Morgan fingerprint density at radius 3 is 2.25 bits per heavy atom. The van der Waals surface area contributed by atoms with E-state index in [0.29, 0.717) is 34.0 Å². The number of aromatic nitrogens is 2. The van der Waals surface area contributed by atoms with Crippen LogP contribution in [0.1, 0.15) is 0 Å². The molecule has 2 N–H and O–H groups in total. The maximum atomic E-state index is 14.1. The molecule has 0 aliphatic rings. The Morgan fingerprint density at radius 1 is 0.875 bits per heavy atom. The van der Waals surface area contributed by atoms with E-state index in [-0.39, 0.29) is 11.8 Å². The fourth-order valence-electron chi connectivity index (χ4n) is 2.42. The molecule has 0 fully saturated rings. The van der Waals surface area contributed by atoms with Crippen LogP contribution in [0.5, 0.6) is 11.5 Å². The number of hydrogen-bond acceptors (Lipinski definition) is 5. The van der Waals surface area contributed by atoms with Gasteiger partial charge in [-0.05, 0) is 36.4 Å². The normalized spacial score (nSPS) is 10.5. The molecule has 0 aliphatic carbocycles. The molecule has 1 aromatic heterocycles. The van der Waals surface area contributed by atoms with Crippen LogP contribution in [0.25, 0.3) is 22.5 Å². The highest BCUT2D eigenvalue weighted by Gasteiger charge is 2.14. The lowest BCUT2D eigenvalue weighted by molar-refractivity contribution is 0.404. The molecular weight excluding hydrogens is 309 g/mol. The van der Waals surface area contributed by atoms with Crippen molar-refractivity contribution in [3.8, 4) is 34.0 Å². The fourth-order valence-corrected chi connectivity index (χ4v) is 2.42. The highest BCUT2D eigenvalue weighted by Crippen LogP contribution is 2.34. The molecule has 122 valence electrons. The van der Waals surface area contributed by atoms with Gasteiger partial charge in [0.05, 0.1) is 25.6 Å². The zero-order chi connectivity index (χ0) is 17.1. The number of halogens is 1. The molecule has 0 aliphatic heterocycles. The van der Waals surface area contributed by atoms with Gasteiger partial charge in [-0.25, -0.2) is 14.4 Å². The summed E-state index contributed by atoms with van der Waals surface area (Å²) in [4.78, 5) is 8.40. The first kappa shape index (κ1) is 15.7. The minimum absolute atomic E-state index is 0.0515. The van der Waals surface area contributed by atoms with Crippen molar-refractivity contribution in [3.63, 3.8) is 0 Å². The van der Waals surface area contributed by atoms with Crippen molar-refractivity contribution in [1.29, 1.82) is 0 Å². The van der Waals surface area contributed by atoms with Gasteiger partial charge in [0.1, 0.15) is 17.3 Å².